The van der Waals surface area contributed by atoms with Gasteiger partial charge in [-0.15, -0.1) is 11.3 Å². The Hall–Kier alpha value is -1.05. The lowest BCUT2D eigenvalue weighted by atomic mass is 10.2. The number of hydrogen-bond acceptors (Lipinski definition) is 5. The van der Waals surface area contributed by atoms with Crippen LogP contribution >= 0.6 is 23.6 Å². The molecule has 0 aromatic carbocycles. The Morgan fingerprint density at radius 3 is 3.12 bits per heavy atom. The highest BCUT2D eigenvalue weighted by Gasteiger charge is 2.27. The van der Waals surface area contributed by atoms with Gasteiger partial charge in [0.2, 0.25) is 0 Å². The van der Waals surface area contributed by atoms with Crippen molar-refractivity contribution in [2.75, 3.05) is 19.7 Å². The van der Waals surface area contributed by atoms with E-state index in [0.29, 0.717) is 25.4 Å². The monoisotopic (exact) mass is 271 g/mol. The summed E-state index contributed by atoms with van der Waals surface area (Å²) in [7, 11) is 0. The second kappa shape index (κ2) is 5.07. The molecule has 2 rings (SSSR count). The van der Waals surface area contributed by atoms with E-state index in [2.05, 4.69) is 4.98 Å². The van der Waals surface area contributed by atoms with E-state index in [1.54, 1.807) is 10.3 Å². The average Bonchev–Trinajstić information content (AvgIpc) is 2.75. The van der Waals surface area contributed by atoms with Gasteiger partial charge < -0.3 is 15.4 Å². The summed E-state index contributed by atoms with van der Waals surface area (Å²) in [5, 5.41) is 2.65. The van der Waals surface area contributed by atoms with Crippen LogP contribution < -0.4 is 5.73 Å². The van der Waals surface area contributed by atoms with Crippen molar-refractivity contribution in [2.24, 2.45) is 5.73 Å². The maximum atomic E-state index is 12.1. The number of hydrogen-bond donors (Lipinski definition) is 1. The first-order chi connectivity index (χ1) is 8.08. The molecule has 0 saturated carbocycles. The largest absolute Gasteiger partial charge is 0.391 e. The third-order valence-corrected chi connectivity index (χ3v) is 3.55. The molecule has 1 fully saturated rings. The van der Waals surface area contributed by atoms with Crippen molar-refractivity contribution in [3.63, 3.8) is 0 Å². The van der Waals surface area contributed by atoms with Crippen molar-refractivity contribution in [3.8, 4) is 0 Å². The standard InChI is InChI=1S/C10H13N3O2S2/c1-6-12-7(5-17-6)10(14)13-2-3-15-8(4-13)9(11)16/h5,8H,2-4H2,1H3,(H2,11,16). The molecule has 1 aliphatic rings. The zero-order chi connectivity index (χ0) is 12.4. The molecular formula is C10H13N3O2S2. The highest BCUT2D eigenvalue weighted by atomic mass is 32.1. The SMILES string of the molecule is Cc1nc(C(=O)N2CCOC(C(N)=S)C2)cs1. The van der Waals surface area contributed by atoms with Crippen LogP contribution in [0.2, 0.25) is 0 Å². The van der Waals surface area contributed by atoms with Crippen molar-refractivity contribution in [2.45, 2.75) is 13.0 Å². The van der Waals surface area contributed by atoms with E-state index in [9.17, 15) is 4.79 Å². The molecule has 1 aliphatic heterocycles. The van der Waals surface area contributed by atoms with E-state index in [-0.39, 0.29) is 17.0 Å². The zero-order valence-corrected chi connectivity index (χ0v) is 11.0. The van der Waals surface area contributed by atoms with Crippen molar-refractivity contribution in [3.05, 3.63) is 16.1 Å². The smallest absolute Gasteiger partial charge is 0.273 e. The van der Waals surface area contributed by atoms with Crippen LogP contribution in [0.25, 0.3) is 0 Å². The van der Waals surface area contributed by atoms with Gasteiger partial charge in [0, 0.05) is 11.9 Å². The Morgan fingerprint density at radius 2 is 2.53 bits per heavy atom. The number of ether oxygens (including phenoxy) is 1. The van der Waals surface area contributed by atoms with Crippen LogP contribution in [0.4, 0.5) is 0 Å². The first kappa shape index (κ1) is 12.4. The summed E-state index contributed by atoms with van der Waals surface area (Å²) in [5.41, 5.74) is 6.01. The molecule has 0 bridgehead atoms. The summed E-state index contributed by atoms with van der Waals surface area (Å²) >= 11 is 6.34. The molecule has 1 unspecified atom stereocenters. The Balaban J connectivity index is 2.07. The van der Waals surface area contributed by atoms with Gasteiger partial charge >= 0.3 is 0 Å². The fourth-order valence-corrected chi connectivity index (χ4v) is 2.36. The van der Waals surface area contributed by atoms with Crippen LogP contribution in [0.5, 0.6) is 0 Å². The first-order valence-electron chi connectivity index (χ1n) is 5.20. The molecule has 1 aromatic rings. The lowest BCUT2D eigenvalue weighted by molar-refractivity contribution is 0.00853. The van der Waals surface area contributed by atoms with Gasteiger partial charge in [0.25, 0.3) is 5.91 Å². The fourth-order valence-electron chi connectivity index (χ4n) is 1.63. The van der Waals surface area contributed by atoms with Gasteiger partial charge in [-0.25, -0.2) is 4.98 Å². The Kier molecular flexibility index (Phi) is 3.70. The van der Waals surface area contributed by atoms with Crippen molar-refractivity contribution in [1.29, 1.82) is 0 Å². The van der Waals surface area contributed by atoms with Gasteiger partial charge in [-0.1, -0.05) is 12.2 Å². The molecule has 92 valence electrons. The minimum atomic E-state index is -0.345. The summed E-state index contributed by atoms with van der Waals surface area (Å²) in [6.45, 7) is 3.29. The predicted molar refractivity (Wildman–Crippen MR) is 69.3 cm³/mol. The summed E-state index contributed by atoms with van der Waals surface area (Å²) in [4.78, 5) is 18.3. The van der Waals surface area contributed by atoms with Gasteiger partial charge in [0.05, 0.1) is 18.2 Å². The molecule has 1 atom stereocenters. The molecular weight excluding hydrogens is 258 g/mol. The number of thiocarbonyl (C=S) groups is 1. The number of morpholine rings is 1. The van der Waals surface area contributed by atoms with E-state index in [0.717, 1.165) is 5.01 Å². The summed E-state index contributed by atoms with van der Waals surface area (Å²) in [6.07, 6.45) is -0.345. The van der Waals surface area contributed by atoms with E-state index in [1.807, 2.05) is 6.92 Å². The number of aromatic nitrogens is 1. The third kappa shape index (κ3) is 2.80. The minimum absolute atomic E-state index is 0.0844. The molecule has 0 aliphatic carbocycles. The van der Waals surface area contributed by atoms with Crippen LogP contribution in [-0.4, -0.2) is 46.6 Å². The third-order valence-electron chi connectivity index (χ3n) is 2.51. The number of rotatable bonds is 2. The summed E-state index contributed by atoms with van der Waals surface area (Å²) in [6, 6.07) is 0. The molecule has 0 radical (unpaired) electrons. The van der Waals surface area contributed by atoms with Crippen LogP contribution in [0, 0.1) is 6.92 Å². The fraction of sp³-hybridized carbons (Fsp3) is 0.500. The van der Waals surface area contributed by atoms with Crippen LogP contribution in [0.1, 0.15) is 15.5 Å². The molecule has 1 saturated heterocycles. The maximum Gasteiger partial charge on any atom is 0.273 e. The van der Waals surface area contributed by atoms with Gasteiger partial charge in [-0.3, -0.25) is 4.79 Å². The van der Waals surface area contributed by atoms with E-state index in [4.69, 9.17) is 22.7 Å². The highest BCUT2D eigenvalue weighted by Crippen LogP contribution is 2.13. The van der Waals surface area contributed by atoms with Crippen molar-refractivity contribution in [1.82, 2.24) is 9.88 Å². The molecule has 0 spiro atoms. The van der Waals surface area contributed by atoms with E-state index in [1.165, 1.54) is 11.3 Å². The topological polar surface area (TPSA) is 68.5 Å². The second-order valence-corrected chi connectivity index (χ2v) is 5.30. The lowest BCUT2D eigenvalue weighted by Crippen LogP contribution is -2.50. The molecule has 7 heteroatoms. The first-order valence-corrected chi connectivity index (χ1v) is 6.49. The highest BCUT2D eigenvalue weighted by molar-refractivity contribution is 7.80. The maximum absolute atomic E-state index is 12.1. The molecule has 2 N–H and O–H groups in total. The molecule has 2 heterocycles. The zero-order valence-electron chi connectivity index (χ0n) is 9.38. The number of carbonyl (C=O) groups is 1. The second-order valence-electron chi connectivity index (χ2n) is 3.76. The normalized spacial score (nSPS) is 20.3. The lowest BCUT2D eigenvalue weighted by Gasteiger charge is -2.31. The molecule has 1 aromatic heterocycles. The Labute approximate surface area is 109 Å². The van der Waals surface area contributed by atoms with Crippen molar-refractivity contribution < 1.29 is 9.53 Å². The Bertz CT molecular complexity index is 447. The number of nitrogens with zero attached hydrogens (tertiary/aromatic N) is 2. The number of carbonyl (C=O) groups excluding carboxylic acids is 1. The number of aryl methyl sites for hydroxylation is 1. The van der Waals surface area contributed by atoms with Gasteiger partial charge in [-0.05, 0) is 6.92 Å². The quantitative estimate of drug-likeness (QED) is 0.797. The van der Waals surface area contributed by atoms with Crippen LogP contribution in [0.3, 0.4) is 0 Å². The van der Waals surface area contributed by atoms with E-state index < -0.39 is 0 Å². The van der Waals surface area contributed by atoms with Gasteiger partial charge in [0.15, 0.2) is 0 Å². The predicted octanol–water partition coefficient (Wildman–Crippen LogP) is 0.579. The van der Waals surface area contributed by atoms with Crippen LogP contribution in [0.15, 0.2) is 5.38 Å². The molecule has 5 nitrogen and oxygen atoms in total. The number of amides is 1. The molecule has 17 heavy (non-hydrogen) atoms. The van der Waals surface area contributed by atoms with Crippen molar-refractivity contribution >= 4 is 34.5 Å². The number of thiazole rings is 1. The summed E-state index contributed by atoms with van der Waals surface area (Å²) in [5.74, 6) is -0.0844. The van der Waals surface area contributed by atoms with Gasteiger partial charge in [0.1, 0.15) is 16.8 Å². The number of nitrogens with two attached hydrogens (primary N) is 1. The molecule has 1 amide bonds. The minimum Gasteiger partial charge on any atom is -0.391 e. The van der Waals surface area contributed by atoms with E-state index >= 15 is 0 Å². The average molecular weight is 271 g/mol. The Morgan fingerprint density at radius 1 is 1.76 bits per heavy atom. The van der Waals surface area contributed by atoms with Crippen LogP contribution in [-0.2, 0) is 4.74 Å². The van der Waals surface area contributed by atoms with Gasteiger partial charge in [-0.2, -0.15) is 0 Å². The summed E-state index contributed by atoms with van der Waals surface area (Å²) < 4.78 is 5.38.